The van der Waals surface area contributed by atoms with E-state index >= 15 is 0 Å². The Morgan fingerprint density at radius 1 is 0.970 bits per heavy atom. The summed E-state index contributed by atoms with van der Waals surface area (Å²) in [6.07, 6.45) is -1.25. The van der Waals surface area contributed by atoms with Crippen molar-refractivity contribution in [1.29, 1.82) is 0 Å². The molecule has 0 bridgehead atoms. The molecule has 0 amide bonds. The van der Waals surface area contributed by atoms with Gasteiger partial charge in [0.05, 0.1) is 0 Å². The van der Waals surface area contributed by atoms with Gasteiger partial charge in [0.1, 0.15) is 17.7 Å². The largest absolute Gasteiger partial charge is 0.432 e. The van der Waals surface area contributed by atoms with Gasteiger partial charge in [0.2, 0.25) is 0 Å². The van der Waals surface area contributed by atoms with E-state index in [0.29, 0.717) is 37.7 Å². The molecule has 0 saturated heterocycles. The number of aliphatic hydroxyl groups excluding tert-OH is 2. The van der Waals surface area contributed by atoms with Crippen molar-refractivity contribution in [2.24, 2.45) is 5.41 Å². The normalized spacial score (nSPS) is 20.0. The zero-order valence-corrected chi connectivity index (χ0v) is 18.5. The molecule has 0 saturated carbocycles. The minimum absolute atomic E-state index is 0.0146. The standard InChI is InChI=1S/C26H28F4O3/c1-25(23(27)18-21(19-24(25)28)11-7-3-5-9-17-32)26(29,30)33-22-14-12-20(13-15-22)10-6-2-4-8-16-31/h12-15,18-19,23,31-32H,2-5,8-9,16-17H2,1H3. The number of hydrogen-bond acceptors (Lipinski definition) is 3. The predicted octanol–water partition coefficient (Wildman–Crippen LogP) is 5.48. The lowest BCUT2D eigenvalue weighted by Gasteiger charge is -2.38. The Balaban J connectivity index is 2.08. The zero-order valence-electron chi connectivity index (χ0n) is 18.5. The molecular formula is C26H28F4O3. The molecule has 2 unspecified atom stereocenters. The summed E-state index contributed by atoms with van der Waals surface area (Å²) in [6, 6.07) is 5.51. The second-order valence-electron chi connectivity index (χ2n) is 7.83. The molecule has 0 fully saturated rings. The van der Waals surface area contributed by atoms with Crippen LogP contribution in [0.3, 0.4) is 0 Å². The van der Waals surface area contributed by atoms with Crippen molar-refractivity contribution in [3.63, 3.8) is 0 Å². The highest BCUT2D eigenvalue weighted by Crippen LogP contribution is 2.50. The van der Waals surface area contributed by atoms with Crippen molar-refractivity contribution in [2.45, 2.75) is 57.7 Å². The SMILES string of the molecule is CC1(C(F)(F)Oc2ccc(C#CCCCCO)cc2)C(F)=CC(C#CCCCCO)=CC1F. The Morgan fingerprint density at radius 2 is 1.55 bits per heavy atom. The minimum atomic E-state index is -4.18. The van der Waals surface area contributed by atoms with Crippen molar-refractivity contribution in [3.05, 3.63) is 53.4 Å². The quantitative estimate of drug-likeness (QED) is 0.289. The number of aliphatic hydroxyl groups is 2. The highest BCUT2D eigenvalue weighted by atomic mass is 19.3. The molecular weight excluding hydrogens is 436 g/mol. The predicted molar refractivity (Wildman–Crippen MR) is 119 cm³/mol. The molecule has 0 radical (unpaired) electrons. The summed E-state index contributed by atoms with van der Waals surface area (Å²) < 4.78 is 64.2. The smallest absolute Gasteiger partial charge is 0.412 e. The summed E-state index contributed by atoms with van der Waals surface area (Å²) in [5.41, 5.74) is -2.28. The first-order chi connectivity index (χ1) is 15.7. The molecule has 1 aliphatic carbocycles. The van der Waals surface area contributed by atoms with Crippen LogP contribution < -0.4 is 4.74 Å². The molecule has 2 atom stereocenters. The summed E-state index contributed by atoms with van der Waals surface area (Å²) in [6.45, 7) is 0.907. The van der Waals surface area contributed by atoms with E-state index in [9.17, 15) is 17.6 Å². The van der Waals surface area contributed by atoms with Gasteiger partial charge in [-0.1, -0.05) is 23.7 Å². The Bertz CT molecular complexity index is 961. The Labute approximate surface area is 192 Å². The second kappa shape index (κ2) is 12.5. The first kappa shape index (κ1) is 26.5. The molecule has 0 aromatic heterocycles. The van der Waals surface area contributed by atoms with E-state index in [0.717, 1.165) is 25.5 Å². The average Bonchev–Trinajstić information content (AvgIpc) is 2.78. The van der Waals surface area contributed by atoms with Gasteiger partial charge in [-0.15, -0.1) is 0 Å². The van der Waals surface area contributed by atoms with Crippen LogP contribution in [-0.2, 0) is 0 Å². The lowest BCUT2D eigenvalue weighted by molar-refractivity contribution is -0.258. The summed E-state index contributed by atoms with van der Waals surface area (Å²) in [7, 11) is 0. The van der Waals surface area contributed by atoms with Gasteiger partial charge in [-0.2, -0.15) is 8.78 Å². The third-order valence-electron chi connectivity index (χ3n) is 5.25. The van der Waals surface area contributed by atoms with Gasteiger partial charge in [-0.25, -0.2) is 8.78 Å². The average molecular weight is 464 g/mol. The van der Waals surface area contributed by atoms with E-state index < -0.39 is 23.5 Å². The molecule has 1 aliphatic rings. The van der Waals surface area contributed by atoms with E-state index in [2.05, 4.69) is 23.7 Å². The molecule has 3 nitrogen and oxygen atoms in total. The maximum atomic E-state index is 14.9. The molecule has 0 spiro atoms. The first-order valence-electron chi connectivity index (χ1n) is 10.8. The fourth-order valence-corrected chi connectivity index (χ4v) is 3.01. The molecule has 1 aromatic carbocycles. The number of rotatable bonds is 9. The third-order valence-corrected chi connectivity index (χ3v) is 5.25. The van der Waals surface area contributed by atoms with Gasteiger partial charge in [-0.05, 0) is 69.0 Å². The van der Waals surface area contributed by atoms with Crippen LogP contribution in [0.15, 0.2) is 47.8 Å². The number of unbranched alkanes of at least 4 members (excludes halogenated alkanes) is 4. The minimum Gasteiger partial charge on any atom is -0.432 e. The van der Waals surface area contributed by atoms with E-state index in [-0.39, 0.29) is 24.5 Å². The number of allylic oxidation sites excluding steroid dienone is 3. The van der Waals surface area contributed by atoms with Crippen LogP contribution in [0, 0.1) is 29.1 Å². The second-order valence-corrected chi connectivity index (χ2v) is 7.83. The maximum absolute atomic E-state index is 14.9. The van der Waals surface area contributed by atoms with Crippen molar-refractivity contribution in [3.8, 4) is 29.4 Å². The van der Waals surface area contributed by atoms with E-state index in [1.165, 1.54) is 24.3 Å². The zero-order chi connectivity index (χ0) is 24.3. The summed E-state index contributed by atoms with van der Waals surface area (Å²) in [5.74, 6) is 9.49. The molecule has 7 heteroatoms. The van der Waals surface area contributed by atoms with Crippen LogP contribution in [-0.4, -0.2) is 35.7 Å². The van der Waals surface area contributed by atoms with E-state index in [1.54, 1.807) is 0 Å². The Kier molecular flexibility index (Phi) is 10.0. The lowest BCUT2D eigenvalue weighted by atomic mass is 9.77. The summed E-state index contributed by atoms with van der Waals surface area (Å²) >= 11 is 0. The van der Waals surface area contributed by atoms with Crippen LogP contribution >= 0.6 is 0 Å². The summed E-state index contributed by atoms with van der Waals surface area (Å²) in [5, 5.41) is 17.5. The fraction of sp³-hybridized carbons (Fsp3) is 0.462. The van der Waals surface area contributed by atoms with E-state index in [4.69, 9.17) is 14.9 Å². The van der Waals surface area contributed by atoms with Crippen LogP contribution in [0.1, 0.15) is 51.0 Å². The van der Waals surface area contributed by atoms with Gasteiger partial charge in [-0.3, -0.25) is 0 Å². The molecule has 33 heavy (non-hydrogen) atoms. The summed E-state index contributed by atoms with van der Waals surface area (Å²) in [4.78, 5) is 0. The van der Waals surface area contributed by atoms with Crippen LogP contribution in [0.5, 0.6) is 5.75 Å². The highest BCUT2D eigenvalue weighted by molar-refractivity contribution is 5.46. The van der Waals surface area contributed by atoms with Gasteiger partial charge in [0, 0.05) is 37.2 Å². The van der Waals surface area contributed by atoms with Crippen molar-refractivity contribution < 1.29 is 32.5 Å². The Hall–Kier alpha value is -2.74. The monoisotopic (exact) mass is 464 g/mol. The molecule has 0 heterocycles. The number of alkyl halides is 3. The van der Waals surface area contributed by atoms with Crippen molar-refractivity contribution in [2.75, 3.05) is 13.2 Å². The van der Waals surface area contributed by atoms with E-state index in [1.807, 2.05) is 0 Å². The van der Waals surface area contributed by atoms with Gasteiger partial charge in [0.25, 0.3) is 0 Å². The molecule has 0 aliphatic heterocycles. The van der Waals surface area contributed by atoms with Crippen molar-refractivity contribution >= 4 is 0 Å². The fourth-order valence-electron chi connectivity index (χ4n) is 3.01. The first-order valence-corrected chi connectivity index (χ1v) is 10.8. The molecule has 2 rings (SSSR count). The molecule has 2 N–H and O–H groups in total. The van der Waals surface area contributed by atoms with Crippen LogP contribution in [0.4, 0.5) is 17.6 Å². The topological polar surface area (TPSA) is 49.7 Å². The lowest BCUT2D eigenvalue weighted by Crippen LogP contribution is -2.51. The molecule has 178 valence electrons. The number of benzene rings is 1. The van der Waals surface area contributed by atoms with Crippen LogP contribution in [0.25, 0.3) is 0 Å². The number of ether oxygens (including phenoxy) is 1. The van der Waals surface area contributed by atoms with Gasteiger partial charge < -0.3 is 14.9 Å². The number of hydrogen-bond donors (Lipinski definition) is 2. The Morgan fingerprint density at radius 3 is 2.09 bits per heavy atom. The van der Waals surface area contributed by atoms with Gasteiger partial charge in [0.15, 0.2) is 5.41 Å². The van der Waals surface area contributed by atoms with Crippen LogP contribution in [0.2, 0.25) is 0 Å². The van der Waals surface area contributed by atoms with Crippen molar-refractivity contribution in [1.82, 2.24) is 0 Å². The number of halogens is 4. The third kappa shape index (κ3) is 7.12. The van der Waals surface area contributed by atoms with Gasteiger partial charge >= 0.3 is 6.11 Å². The molecule has 1 aromatic rings. The highest BCUT2D eigenvalue weighted by Gasteiger charge is 2.62. The maximum Gasteiger partial charge on any atom is 0.412 e.